The molecule has 0 atom stereocenters. The van der Waals surface area contributed by atoms with Crippen LogP contribution in [0.4, 0.5) is 13.2 Å². The van der Waals surface area contributed by atoms with Gasteiger partial charge in [0.15, 0.2) is 4.34 Å². The standard InChI is InChI=1S/C13H9F3N4OS2/c1-7-18-19-12(23-7)22-6-10-17-11(20-21-10)8-3-2-4-9(5-8)13(14,15)16/h2-5H,6H2,1H3. The third-order valence-electron chi connectivity index (χ3n) is 2.74. The second-order valence-corrected chi connectivity index (χ2v) is 6.87. The molecule has 0 aliphatic heterocycles. The zero-order valence-corrected chi connectivity index (χ0v) is 13.3. The molecule has 0 fully saturated rings. The molecular formula is C13H9F3N4OS2. The number of hydrogen-bond acceptors (Lipinski definition) is 7. The van der Waals surface area contributed by atoms with Crippen LogP contribution in [0.2, 0.25) is 0 Å². The Morgan fingerprint density at radius 3 is 2.78 bits per heavy atom. The van der Waals surface area contributed by atoms with Gasteiger partial charge in [0.05, 0.1) is 11.3 Å². The highest BCUT2D eigenvalue weighted by Gasteiger charge is 2.30. The lowest BCUT2D eigenvalue weighted by molar-refractivity contribution is -0.137. The SMILES string of the molecule is Cc1nnc(SCc2nc(-c3cccc(C(F)(F)F)c3)no2)s1. The number of aromatic nitrogens is 4. The highest BCUT2D eigenvalue weighted by Crippen LogP contribution is 2.32. The Labute approximate surface area is 136 Å². The molecule has 0 aliphatic rings. The van der Waals surface area contributed by atoms with Crippen LogP contribution in [0, 0.1) is 6.92 Å². The summed E-state index contributed by atoms with van der Waals surface area (Å²) in [5.41, 5.74) is -0.494. The number of thioether (sulfide) groups is 1. The first-order valence-corrected chi connectivity index (χ1v) is 8.15. The second-order valence-electron chi connectivity index (χ2n) is 4.47. The molecule has 0 amide bonds. The summed E-state index contributed by atoms with van der Waals surface area (Å²) in [6, 6.07) is 4.81. The average Bonchev–Trinajstić information content (AvgIpc) is 3.13. The molecule has 3 aromatic rings. The van der Waals surface area contributed by atoms with Gasteiger partial charge in [0, 0.05) is 5.56 Å². The molecule has 2 aromatic heterocycles. The molecule has 0 bridgehead atoms. The summed E-state index contributed by atoms with van der Waals surface area (Å²) in [5, 5.41) is 12.4. The molecule has 0 unspecified atom stereocenters. The van der Waals surface area contributed by atoms with E-state index in [1.807, 2.05) is 6.92 Å². The van der Waals surface area contributed by atoms with Crippen molar-refractivity contribution in [1.29, 1.82) is 0 Å². The van der Waals surface area contributed by atoms with Crippen LogP contribution in [0.25, 0.3) is 11.4 Å². The quantitative estimate of drug-likeness (QED) is 0.651. The molecule has 0 aliphatic carbocycles. The summed E-state index contributed by atoms with van der Waals surface area (Å²) in [5.74, 6) is 0.816. The predicted molar refractivity (Wildman–Crippen MR) is 78.9 cm³/mol. The number of alkyl halides is 3. The molecule has 10 heteroatoms. The van der Waals surface area contributed by atoms with Gasteiger partial charge >= 0.3 is 6.18 Å². The van der Waals surface area contributed by atoms with Crippen molar-refractivity contribution >= 4 is 23.1 Å². The van der Waals surface area contributed by atoms with Crippen LogP contribution in [-0.2, 0) is 11.9 Å². The van der Waals surface area contributed by atoms with Crippen molar-refractivity contribution in [2.75, 3.05) is 0 Å². The first kappa shape index (κ1) is 15.9. The number of rotatable bonds is 4. The molecule has 5 nitrogen and oxygen atoms in total. The van der Waals surface area contributed by atoms with Crippen molar-refractivity contribution < 1.29 is 17.7 Å². The first-order chi connectivity index (χ1) is 10.9. The molecule has 0 radical (unpaired) electrons. The van der Waals surface area contributed by atoms with E-state index in [4.69, 9.17) is 4.52 Å². The van der Waals surface area contributed by atoms with E-state index in [-0.39, 0.29) is 11.4 Å². The summed E-state index contributed by atoms with van der Waals surface area (Å²) in [6.07, 6.45) is -4.41. The molecule has 0 N–H and O–H groups in total. The van der Waals surface area contributed by atoms with E-state index in [1.165, 1.54) is 35.2 Å². The zero-order chi connectivity index (χ0) is 16.4. The fourth-order valence-corrected chi connectivity index (χ4v) is 3.38. The van der Waals surface area contributed by atoms with Gasteiger partial charge in [-0.1, -0.05) is 40.4 Å². The maximum atomic E-state index is 12.7. The molecule has 0 saturated heterocycles. The largest absolute Gasteiger partial charge is 0.416 e. The Kier molecular flexibility index (Phi) is 4.35. The van der Waals surface area contributed by atoms with Crippen LogP contribution in [-0.4, -0.2) is 20.3 Å². The minimum Gasteiger partial charge on any atom is -0.338 e. The molecule has 120 valence electrons. The van der Waals surface area contributed by atoms with Crippen molar-refractivity contribution in [1.82, 2.24) is 20.3 Å². The van der Waals surface area contributed by atoms with E-state index in [1.54, 1.807) is 0 Å². The predicted octanol–water partition coefficient (Wildman–Crippen LogP) is 4.21. The Hall–Kier alpha value is -1.94. The molecular weight excluding hydrogens is 349 g/mol. The van der Waals surface area contributed by atoms with Gasteiger partial charge in [0.1, 0.15) is 5.01 Å². The van der Waals surface area contributed by atoms with E-state index >= 15 is 0 Å². The Morgan fingerprint density at radius 2 is 2.09 bits per heavy atom. The van der Waals surface area contributed by atoms with Crippen LogP contribution in [0.15, 0.2) is 33.1 Å². The molecule has 0 spiro atoms. The number of nitrogens with zero attached hydrogens (tertiary/aromatic N) is 4. The van der Waals surface area contributed by atoms with E-state index in [0.29, 0.717) is 11.6 Å². The van der Waals surface area contributed by atoms with Gasteiger partial charge in [-0.25, -0.2) is 0 Å². The van der Waals surface area contributed by atoms with E-state index in [9.17, 15) is 13.2 Å². The van der Waals surface area contributed by atoms with Crippen molar-refractivity contribution in [3.8, 4) is 11.4 Å². The van der Waals surface area contributed by atoms with Crippen LogP contribution in [0.3, 0.4) is 0 Å². The lowest BCUT2D eigenvalue weighted by atomic mass is 10.1. The smallest absolute Gasteiger partial charge is 0.338 e. The Balaban J connectivity index is 1.74. The third-order valence-corrected chi connectivity index (χ3v) is 4.70. The van der Waals surface area contributed by atoms with Gasteiger partial charge in [-0.3, -0.25) is 0 Å². The highest BCUT2D eigenvalue weighted by atomic mass is 32.2. The van der Waals surface area contributed by atoms with Gasteiger partial charge in [0.2, 0.25) is 11.7 Å². The van der Waals surface area contributed by atoms with Crippen LogP contribution in [0.5, 0.6) is 0 Å². The van der Waals surface area contributed by atoms with Gasteiger partial charge < -0.3 is 4.52 Å². The fourth-order valence-electron chi connectivity index (χ4n) is 1.73. The maximum Gasteiger partial charge on any atom is 0.416 e. The molecule has 2 heterocycles. The first-order valence-electron chi connectivity index (χ1n) is 6.35. The molecule has 23 heavy (non-hydrogen) atoms. The average molecular weight is 358 g/mol. The summed E-state index contributed by atoms with van der Waals surface area (Å²) in [7, 11) is 0. The number of hydrogen-bond donors (Lipinski definition) is 0. The van der Waals surface area contributed by atoms with Gasteiger partial charge in [-0.2, -0.15) is 18.2 Å². The van der Waals surface area contributed by atoms with Gasteiger partial charge in [-0.15, -0.1) is 10.2 Å². The third kappa shape index (κ3) is 3.88. The highest BCUT2D eigenvalue weighted by molar-refractivity contribution is 8.00. The maximum absolute atomic E-state index is 12.7. The lowest BCUT2D eigenvalue weighted by Gasteiger charge is -2.06. The van der Waals surface area contributed by atoms with Gasteiger partial charge in [0.25, 0.3) is 0 Å². The summed E-state index contributed by atoms with van der Waals surface area (Å²) in [4.78, 5) is 4.12. The van der Waals surface area contributed by atoms with Crippen molar-refractivity contribution in [2.24, 2.45) is 0 Å². The monoisotopic (exact) mass is 358 g/mol. The summed E-state index contributed by atoms with van der Waals surface area (Å²) in [6.45, 7) is 1.85. The molecule has 3 rings (SSSR count). The second kappa shape index (κ2) is 6.28. The lowest BCUT2D eigenvalue weighted by Crippen LogP contribution is -2.04. The van der Waals surface area contributed by atoms with Crippen molar-refractivity contribution in [2.45, 2.75) is 23.2 Å². The molecule has 0 saturated carbocycles. The number of aryl methyl sites for hydroxylation is 1. The molecule has 1 aromatic carbocycles. The van der Waals surface area contributed by atoms with Crippen LogP contribution >= 0.6 is 23.1 Å². The fraction of sp³-hybridized carbons (Fsp3) is 0.231. The summed E-state index contributed by atoms with van der Waals surface area (Å²) < 4.78 is 44.0. The minimum absolute atomic E-state index is 0.125. The topological polar surface area (TPSA) is 64.7 Å². The Morgan fingerprint density at radius 1 is 1.26 bits per heavy atom. The van der Waals surface area contributed by atoms with E-state index in [2.05, 4.69) is 20.3 Å². The van der Waals surface area contributed by atoms with E-state index < -0.39 is 11.7 Å². The minimum atomic E-state index is -4.41. The van der Waals surface area contributed by atoms with Crippen LogP contribution in [0.1, 0.15) is 16.5 Å². The number of halogens is 3. The van der Waals surface area contributed by atoms with E-state index in [0.717, 1.165) is 21.5 Å². The zero-order valence-electron chi connectivity index (χ0n) is 11.7. The normalized spacial score (nSPS) is 11.8. The number of benzene rings is 1. The Bertz CT molecular complexity index is 815. The van der Waals surface area contributed by atoms with Gasteiger partial charge in [-0.05, 0) is 19.1 Å². The van der Waals surface area contributed by atoms with Crippen molar-refractivity contribution in [3.05, 3.63) is 40.7 Å². The van der Waals surface area contributed by atoms with Crippen molar-refractivity contribution in [3.63, 3.8) is 0 Å². The summed E-state index contributed by atoms with van der Waals surface area (Å²) >= 11 is 2.82. The van der Waals surface area contributed by atoms with Crippen LogP contribution < -0.4 is 0 Å².